The first-order chi connectivity index (χ1) is 9.52. The molecule has 20 heavy (non-hydrogen) atoms. The van der Waals surface area contributed by atoms with Gasteiger partial charge in [-0.3, -0.25) is 4.68 Å². The number of aromatic nitrogens is 2. The Kier molecular flexibility index (Phi) is 4.78. The second-order valence-corrected chi connectivity index (χ2v) is 5.23. The normalized spacial score (nSPS) is 11.1. The molecule has 1 aromatic heterocycles. The summed E-state index contributed by atoms with van der Waals surface area (Å²) in [6, 6.07) is 5.19. The first kappa shape index (κ1) is 15.0. The number of benzene rings is 1. The summed E-state index contributed by atoms with van der Waals surface area (Å²) in [5.41, 5.74) is 3.33. The summed E-state index contributed by atoms with van der Waals surface area (Å²) in [6.07, 6.45) is 0. The Balaban J connectivity index is 2.25. The predicted molar refractivity (Wildman–Crippen MR) is 79.6 cm³/mol. The minimum atomic E-state index is -0.214. The van der Waals surface area contributed by atoms with Gasteiger partial charge < -0.3 is 5.32 Å². The molecular formula is C15H19ClFN3. The van der Waals surface area contributed by atoms with E-state index in [1.54, 1.807) is 10.7 Å². The molecule has 108 valence electrons. The highest BCUT2D eigenvalue weighted by molar-refractivity contribution is 6.31. The van der Waals surface area contributed by atoms with Crippen LogP contribution in [0, 0.1) is 19.7 Å². The van der Waals surface area contributed by atoms with E-state index in [1.807, 2.05) is 26.8 Å². The van der Waals surface area contributed by atoms with Gasteiger partial charge in [-0.25, -0.2) is 4.39 Å². The van der Waals surface area contributed by atoms with Gasteiger partial charge in [0.05, 0.1) is 23.0 Å². The standard InChI is InChI=1S/C15H19ClFN3/c1-4-18-8-12-5-6-14(17)13(7-12)9-20-11(3)15(16)10(2)19-20/h5-7,18H,4,8-9H2,1-3H3. The Hall–Kier alpha value is -1.39. The molecule has 0 saturated carbocycles. The van der Waals surface area contributed by atoms with Gasteiger partial charge in [0.2, 0.25) is 0 Å². The molecule has 0 saturated heterocycles. The van der Waals surface area contributed by atoms with Gasteiger partial charge in [0, 0.05) is 12.1 Å². The van der Waals surface area contributed by atoms with Crippen LogP contribution in [0.3, 0.4) is 0 Å². The van der Waals surface area contributed by atoms with Gasteiger partial charge in [-0.05, 0) is 38.1 Å². The average molecular weight is 296 g/mol. The molecule has 0 atom stereocenters. The Bertz CT molecular complexity index is 607. The van der Waals surface area contributed by atoms with Crippen molar-refractivity contribution in [3.05, 3.63) is 51.6 Å². The highest BCUT2D eigenvalue weighted by Gasteiger charge is 2.11. The van der Waals surface area contributed by atoms with Gasteiger partial charge in [-0.15, -0.1) is 0 Å². The van der Waals surface area contributed by atoms with Gasteiger partial charge in [0.25, 0.3) is 0 Å². The fourth-order valence-corrected chi connectivity index (χ4v) is 2.25. The minimum absolute atomic E-state index is 0.214. The van der Waals surface area contributed by atoms with Crippen LogP contribution < -0.4 is 5.32 Å². The Morgan fingerprint density at radius 2 is 2.10 bits per heavy atom. The van der Waals surface area contributed by atoms with E-state index in [9.17, 15) is 4.39 Å². The molecule has 0 spiro atoms. The van der Waals surface area contributed by atoms with Crippen molar-refractivity contribution in [1.29, 1.82) is 0 Å². The zero-order valence-corrected chi connectivity index (χ0v) is 12.8. The van der Waals surface area contributed by atoms with Crippen LogP contribution in [0.2, 0.25) is 5.02 Å². The van der Waals surface area contributed by atoms with Crippen LogP contribution in [0.5, 0.6) is 0 Å². The second kappa shape index (κ2) is 6.37. The first-order valence-corrected chi connectivity index (χ1v) is 7.08. The van der Waals surface area contributed by atoms with Crippen molar-refractivity contribution in [1.82, 2.24) is 15.1 Å². The van der Waals surface area contributed by atoms with Crippen LogP contribution in [0.4, 0.5) is 4.39 Å². The van der Waals surface area contributed by atoms with Gasteiger partial charge in [-0.2, -0.15) is 5.10 Å². The maximum atomic E-state index is 13.9. The largest absolute Gasteiger partial charge is 0.313 e. The van der Waals surface area contributed by atoms with E-state index >= 15 is 0 Å². The Morgan fingerprint density at radius 1 is 1.35 bits per heavy atom. The molecule has 0 aliphatic heterocycles. The number of aryl methyl sites for hydroxylation is 1. The zero-order valence-electron chi connectivity index (χ0n) is 12.0. The molecule has 0 amide bonds. The molecular weight excluding hydrogens is 277 g/mol. The summed E-state index contributed by atoms with van der Waals surface area (Å²) in [5.74, 6) is -0.214. The molecule has 0 unspecified atom stereocenters. The van der Waals surface area contributed by atoms with E-state index in [4.69, 9.17) is 11.6 Å². The Morgan fingerprint density at radius 3 is 2.70 bits per heavy atom. The van der Waals surface area contributed by atoms with Crippen molar-refractivity contribution in [2.24, 2.45) is 0 Å². The molecule has 1 aromatic carbocycles. The van der Waals surface area contributed by atoms with E-state index in [0.29, 0.717) is 17.1 Å². The van der Waals surface area contributed by atoms with Crippen molar-refractivity contribution in [3.63, 3.8) is 0 Å². The summed E-state index contributed by atoms with van der Waals surface area (Å²) < 4.78 is 15.7. The minimum Gasteiger partial charge on any atom is -0.313 e. The number of halogens is 2. The second-order valence-electron chi connectivity index (χ2n) is 4.85. The molecule has 1 N–H and O–H groups in total. The van der Waals surface area contributed by atoms with Crippen LogP contribution in [0.1, 0.15) is 29.4 Å². The lowest BCUT2D eigenvalue weighted by Gasteiger charge is -2.09. The van der Waals surface area contributed by atoms with Crippen molar-refractivity contribution in [2.75, 3.05) is 6.54 Å². The van der Waals surface area contributed by atoms with E-state index in [1.165, 1.54) is 6.07 Å². The highest BCUT2D eigenvalue weighted by atomic mass is 35.5. The predicted octanol–water partition coefficient (Wildman–Crippen LogP) is 3.45. The van der Waals surface area contributed by atoms with Gasteiger partial charge >= 0.3 is 0 Å². The quantitative estimate of drug-likeness (QED) is 0.915. The van der Waals surface area contributed by atoms with E-state index in [-0.39, 0.29) is 5.82 Å². The zero-order chi connectivity index (χ0) is 14.7. The fraction of sp³-hybridized carbons (Fsp3) is 0.400. The highest BCUT2D eigenvalue weighted by Crippen LogP contribution is 2.21. The van der Waals surface area contributed by atoms with Crippen molar-refractivity contribution in [2.45, 2.75) is 33.9 Å². The first-order valence-electron chi connectivity index (χ1n) is 6.70. The third kappa shape index (κ3) is 3.19. The van der Waals surface area contributed by atoms with Crippen LogP contribution in [0.15, 0.2) is 18.2 Å². The van der Waals surface area contributed by atoms with Crippen molar-refractivity contribution < 1.29 is 4.39 Å². The van der Waals surface area contributed by atoms with E-state index < -0.39 is 0 Å². The maximum Gasteiger partial charge on any atom is 0.128 e. The fourth-order valence-electron chi connectivity index (χ4n) is 2.12. The molecule has 1 heterocycles. The lowest BCUT2D eigenvalue weighted by atomic mass is 10.1. The van der Waals surface area contributed by atoms with Crippen LogP contribution in [-0.4, -0.2) is 16.3 Å². The van der Waals surface area contributed by atoms with Gasteiger partial charge in [0.1, 0.15) is 5.82 Å². The third-order valence-electron chi connectivity index (χ3n) is 3.30. The van der Waals surface area contributed by atoms with Crippen molar-refractivity contribution >= 4 is 11.6 Å². The van der Waals surface area contributed by atoms with Crippen LogP contribution in [0.25, 0.3) is 0 Å². The van der Waals surface area contributed by atoms with Crippen LogP contribution >= 0.6 is 11.6 Å². The number of nitrogens with one attached hydrogen (secondary N) is 1. The lowest BCUT2D eigenvalue weighted by Crippen LogP contribution is -2.13. The molecule has 5 heteroatoms. The number of nitrogens with zero attached hydrogens (tertiary/aromatic N) is 2. The summed E-state index contributed by atoms with van der Waals surface area (Å²) in [5, 5.41) is 8.22. The van der Waals surface area contributed by atoms with Gasteiger partial charge in [-0.1, -0.05) is 24.6 Å². The molecule has 3 nitrogen and oxygen atoms in total. The Labute approximate surface area is 123 Å². The number of rotatable bonds is 5. The summed E-state index contributed by atoms with van der Waals surface area (Å²) in [7, 11) is 0. The topological polar surface area (TPSA) is 29.9 Å². The number of hydrogen-bond acceptors (Lipinski definition) is 2. The molecule has 0 radical (unpaired) electrons. The SMILES string of the molecule is CCNCc1ccc(F)c(Cn2nc(C)c(Cl)c2C)c1. The maximum absolute atomic E-state index is 13.9. The monoisotopic (exact) mass is 295 g/mol. The number of hydrogen-bond donors (Lipinski definition) is 1. The lowest BCUT2D eigenvalue weighted by molar-refractivity contribution is 0.576. The molecule has 2 rings (SSSR count). The molecule has 0 aliphatic rings. The van der Waals surface area contributed by atoms with E-state index in [2.05, 4.69) is 10.4 Å². The summed E-state index contributed by atoms with van der Waals surface area (Å²) >= 11 is 6.12. The molecule has 0 aliphatic carbocycles. The van der Waals surface area contributed by atoms with Gasteiger partial charge in [0.15, 0.2) is 0 Å². The van der Waals surface area contributed by atoms with E-state index in [0.717, 1.165) is 30.0 Å². The van der Waals surface area contributed by atoms with Crippen molar-refractivity contribution in [3.8, 4) is 0 Å². The molecule has 0 fully saturated rings. The summed E-state index contributed by atoms with van der Waals surface area (Å²) in [6.45, 7) is 7.81. The van der Waals surface area contributed by atoms with Crippen LogP contribution in [-0.2, 0) is 13.1 Å². The summed E-state index contributed by atoms with van der Waals surface area (Å²) in [4.78, 5) is 0. The molecule has 2 aromatic rings. The molecule has 0 bridgehead atoms. The smallest absolute Gasteiger partial charge is 0.128 e. The average Bonchev–Trinajstić information content (AvgIpc) is 2.67. The third-order valence-corrected chi connectivity index (χ3v) is 3.85.